The van der Waals surface area contributed by atoms with Gasteiger partial charge in [-0.3, -0.25) is 0 Å². The molecule has 0 saturated heterocycles. The topological polar surface area (TPSA) is 62.2 Å². The number of aryl methyl sites for hydroxylation is 1. The van der Waals surface area contributed by atoms with E-state index in [9.17, 15) is 4.79 Å². The summed E-state index contributed by atoms with van der Waals surface area (Å²) in [7, 11) is 0. The zero-order chi connectivity index (χ0) is 12.7. The van der Waals surface area contributed by atoms with Gasteiger partial charge in [0.05, 0.1) is 11.3 Å². The molecule has 1 aromatic heterocycles. The van der Waals surface area contributed by atoms with Crippen LogP contribution in [0.25, 0.3) is 0 Å². The SMILES string of the molecule is Cc1nc(NC2CC3CCC2C3)ccc1C(=O)O. The normalized spacial score (nSPS) is 29.5. The zero-order valence-electron chi connectivity index (χ0n) is 10.5. The Morgan fingerprint density at radius 3 is 2.78 bits per heavy atom. The number of carbonyl (C=O) groups is 1. The van der Waals surface area contributed by atoms with Crippen molar-refractivity contribution in [3.05, 3.63) is 23.4 Å². The molecule has 3 atom stereocenters. The van der Waals surface area contributed by atoms with Gasteiger partial charge < -0.3 is 10.4 Å². The Kier molecular flexibility index (Phi) is 2.73. The largest absolute Gasteiger partial charge is 0.478 e. The van der Waals surface area contributed by atoms with Gasteiger partial charge in [0, 0.05) is 6.04 Å². The lowest BCUT2D eigenvalue weighted by atomic mass is 9.95. The van der Waals surface area contributed by atoms with Crippen LogP contribution in [0.3, 0.4) is 0 Å². The number of hydrogen-bond donors (Lipinski definition) is 2. The summed E-state index contributed by atoms with van der Waals surface area (Å²) in [6.45, 7) is 1.75. The van der Waals surface area contributed by atoms with Crippen molar-refractivity contribution in [1.29, 1.82) is 0 Å². The fourth-order valence-corrected chi connectivity index (χ4v) is 3.48. The summed E-state index contributed by atoms with van der Waals surface area (Å²) in [4.78, 5) is 15.3. The van der Waals surface area contributed by atoms with Crippen molar-refractivity contribution >= 4 is 11.8 Å². The van der Waals surface area contributed by atoms with E-state index >= 15 is 0 Å². The number of anilines is 1. The summed E-state index contributed by atoms with van der Waals surface area (Å²) < 4.78 is 0. The van der Waals surface area contributed by atoms with Gasteiger partial charge in [-0.25, -0.2) is 9.78 Å². The van der Waals surface area contributed by atoms with E-state index in [2.05, 4.69) is 10.3 Å². The summed E-state index contributed by atoms with van der Waals surface area (Å²) in [5.74, 6) is 1.59. The van der Waals surface area contributed by atoms with Crippen LogP contribution >= 0.6 is 0 Å². The lowest BCUT2D eigenvalue weighted by Crippen LogP contribution is -2.26. The van der Waals surface area contributed by atoms with Crippen LogP contribution < -0.4 is 5.32 Å². The standard InChI is InChI=1S/C14H18N2O2/c1-8-11(14(17)18)4-5-13(15-8)16-12-7-9-2-3-10(12)6-9/h4-5,9-10,12H,2-3,6-7H2,1H3,(H,15,16)(H,17,18). The maximum absolute atomic E-state index is 10.9. The number of hydrogen-bond acceptors (Lipinski definition) is 3. The number of aromatic nitrogens is 1. The number of rotatable bonds is 3. The number of fused-ring (bicyclic) bond motifs is 2. The second kappa shape index (κ2) is 4.26. The van der Waals surface area contributed by atoms with E-state index in [0.29, 0.717) is 11.7 Å². The fraction of sp³-hybridized carbons (Fsp3) is 0.571. The highest BCUT2D eigenvalue weighted by molar-refractivity contribution is 5.89. The predicted molar refractivity (Wildman–Crippen MR) is 68.8 cm³/mol. The first-order chi connectivity index (χ1) is 8.63. The molecule has 2 fully saturated rings. The Morgan fingerprint density at radius 1 is 1.39 bits per heavy atom. The molecule has 0 aromatic carbocycles. The van der Waals surface area contributed by atoms with Gasteiger partial charge in [0.25, 0.3) is 0 Å². The molecule has 2 aliphatic carbocycles. The molecule has 18 heavy (non-hydrogen) atoms. The first-order valence-corrected chi connectivity index (χ1v) is 6.61. The number of nitrogens with one attached hydrogen (secondary N) is 1. The van der Waals surface area contributed by atoms with Crippen LogP contribution in [0.2, 0.25) is 0 Å². The molecule has 4 nitrogen and oxygen atoms in total. The molecule has 1 aromatic rings. The van der Waals surface area contributed by atoms with Crippen molar-refractivity contribution < 1.29 is 9.90 Å². The van der Waals surface area contributed by atoms with Crippen molar-refractivity contribution in [2.75, 3.05) is 5.32 Å². The molecule has 2 bridgehead atoms. The Bertz CT molecular complexity index is 487. The third-order valence-electron chi connectivity index (χ3n) is 4.39. The molecule has 3 rings (SSSR count). The van der Waals surface area contributed by atoms with Crippen LogP contribution in [0.1, 0.15) is 41.7 Å². The van der Waals surface area contributed by atoms with Crippen LogP contribution in [0.15, 0.2) is 12.1 Å². The molecule has 0 amide bonds. The Balaban J connectivity index is 1.74. The first-order valence-electron chi connectivity index (χ1n) is 6.61. The van der Waals surface area contributed by atoms with E-state index in [-0.39, 0.29) is 5.56 Å². The maximum atomic E-state index is 10.9. The van der Waals surface area contributed by atoms with Crippen molar-refractivity contribution in [2.24, 2.45) is 11.8 Å². The van der Waals surface area contributed by atoms with Gasteiger partial charge in [-0.1, -0.05) is 6.42 Å². The molecule has 0 aliphatic heterocycles. The second-order valence-electron chi connectivity index (χ2n) is 5.56. The lowest BCUT2D eigenvalue weighted by molar-refractivity contribution is 0.0695. The molecular weight excluding hydrogens is 228 g/mol. The minimum atomic E-state index is -0.911. The Hall–Kier alpha value is -1.58. The predicted octanol–water partition coefficient (Wildman–Crippen LogP) is 2.69. The zero-order valence-corrected chi connectivity index (χ0v) is 10.5. The van der Waals surface area contributed by atoms with E-state index in [0.717, 1.165) is 17.7 Å². The summed E-state index contributed by atoms with van der Waals surface area (Å²) >= 11 is 0. The molecule has 2 aliphatic rings. The average molecular weight is 246 g/mol. The molecular formula is C14H18N2O2. The monoisotopic (exact) mass is 246 g/mol. The number of carboxylic acid groups (broad SMARTS) is 1. The molecule has 0 spiro atoms. The van der Waals surface area contributed by atoms with Gasteiger partial charge >= 0.3 is 5.97 Å². The Labute approximate surface area is 106 Å². The van der Waals surface area contributed by atoms with E-state index in [4.69, 9.17) is 5.11 Å². The quantitative estimate of drug-likeness (QED) is 0.860. The van der Waals surface area contributed by atoms with Gasteiger partial charge in [-0.05, 0) is 50.2 Å². The van der Waals surface area contributed by atoms with Gasteiger partial charge in [-0.2, -0.15) is 0 Å². The molecule has 96 valence electrons. The highest BCUT2D eigenvalue weighted by atomic mass is 16.4. The van der Waals surface area contributed by atoms with E-state index in [1.165, 1.54) is 25.7 Å². The van der Waals surface area contributed by atoms with E-state index in [1.807, 2.05) is 0 Å². The van der Waals surface area contributed by atoms with E-state index < -0.39 is 5.97 Å². The van der Waals surface area contributed by atoms with Gasteiger partial charge in [0.1, 0.15) is 5.82 Å². The van der Waals surface area contributed by atoms with Crippen molar-refractivity contribution in [1.82, 2.24) is 4.98 Å². The van der Waals surface area contributed by atoms with Gasteiger partial charge in [-0.15, -0.1) is 0 Å². The smallest absolute Gasteiger partial charge is 0.337 e. The van der Waals surface area contributed by atoms with Crippen molar-refractivity contribution in [3.8, 4) is 0 Å². The highest BCUT2D eigenvalue weighted by Gasteiger charge is 2.39. The van der Waals surface area contributed by atoms with Crippen LogP contribution in [0.5, 0.6) is 0 Å². The van der Waals surface area contributed by atoms with E-state index in [1.54, 1.807) is 19.1 Å². The molecule has 1 heterocycles. The third kappa shape index (κ3) is 1.96. The van der Waals surface area contributed by atoms with Crippen LogP contribution in [-0.4, -0.2) is 22.1 Å². The number of pyridine rings is 1. The summed E-state index contributed by atoms with van der Waals surface area (Å²) in [5, 5.41) is 12.4. The van der Waals surface area contributed by atoms with Crippen LogP contribution in [0.4, 0.5) is 5.82 Å². The summed E-state index contributed by atoms with van der Waals surface area (Å²) in [5.41, 5.74) is 0.865. The number of carboxylic acids is 1. The number of aromatic carboxylic acids is 1. The Morgan fingerprint density at radius 2 is 2.22 bits per heavy atom. The maximum Gasteiger partial charge on any atom is 0.337 e. The van der Waals surface area contributed by atoms with Gasteiger partial charge in [0.15, 0.2) is 0 Å². The summed E-state index contributed by atoms with van der Waals surface area (Å²) in [6.07, 6.45) is 5.30. The third-order valence-corrected chi connectivity index (χ3v) is 4.39. The molecule has 2 N–H and O–H groups in total. The fourth-order valence-electron chi connectivity index (χ4n) is 3.48. The van der Waals surface area contributed by atoms with Gasteiger partial charge in [0.2, 0.25) is 0 Å². The molecule has 4 heteroatoms. The highest BCUT2D eigenvalue weighted by Crippen LogP contribution is 2.45. The van der Waals surface area contributed by atoms with Crippen LogP contribution in [-0.2, 0) is 0 Å². The average Bonchev–Trinajstić information content (AvgIpc) is 2.90. The lowest BCUT2D eigenvalue weighted by Gasteiger charge is -2.23. The summed E-state index contributed by atoms with van der Waals surface area (Å²) in [6, 6.07) is 3.95. The molecule has 0 radical (unpaired) electrons. The van der Waals surface area contributed by atoms with Crippen molar-refractivity contribution in [2.45, 2.75) is 38.6 Å². The van der Waals surface area contributed by atoms with Crippen molar-refractivity contribution in [3.63, 3.8) is 0 Å². The minimum Gasteiger partial charge on any atom is -0.478 e. The second-order valence-corrected chi connectivity index (χ2v) is 5.56. The number of nitrogens with zero attached hydrogens (tertiary/aromatic N) is 1. The molecule has 3 unspecified atom stereocenters. The molecule has 2 saturated carbocycles. The first kappa shape index (κ1) is 11.5. The minimum absolute atomic E-state index is 0.286. The van der Waals surface area contributed by atoms with Crippen LogP contribution in [0, 0.1) is 18.8 Å².